The van der Waals surface area contributed by atoms with Gasteiger partial charge in [-0.05, 0) is 34.5 Å². The monoisotopic (exact) mass is 259 g/mol. The summed E-state index contributed by atoms with van der Waals surface area (Å²) in [5.74, 6) is 1.52. The van der Waals surface area contributed by atoms with E-state index in [0.717, 1.165) is 28.1 Å². The van der Waals surface area contributed by atoms with Crippen molar-refractivity contribution in [3.05, 3.63) is 28.7 Å². The molecular weight excluding hydrogens is 250 g/mol. The quantitative estimate of drug-likeness (QED) is 0.763. The lowest BCUT2D eigenvalue weighted by molar-refractivity contribution is 0.663. The first-order chi connectivity index (χ1) is 6.20. The average Bonchev–Trinajstić information content (AvgIpc) is 2.06. The van der Waals surface area contributed by atoms with Gasteiger partial charge >= 0.3 is 0 Å². The Kier molecular flexibility index (Phi) is 2.43. The number of nitrogens with zero attached hydrogens (tertiary/aromatic N) is 1. The molecule has 0 radical (unpaired) electrons. The molecule has 1 aliphatic rings. The van der Waals surface area contributed by atoms with Crippen LogP contribution in [0.4, 0.5) is 5.69 Å². The molecule has 0 spiro atoms. The minimum atomic E-state index is -1.87. The van der Waals surface area contributed by atoms with E-state index in [1.807, 2.05) is 24.3 Å². The van der Waals surface area contributed by atoms with Gasteiger partial charge in [0.25, 0.3) is 0 Å². The Balaban J connectivity index is 2.43. The molecule has 70 valence electrons. The number of halogens is 1. The first-order valence-electron chi connectivity index (χ1n) is 4.17. The number of hydrogen-bond donors (Lipinski definition) is 0. The van der Waals surface area contributed by atoms with Crippen molar-refractivity contribution in [1.82, 2.24) is 0 Å². The van der Waals surface area contributed by atoms with Gasteiger partial charge in [-0.2, -0.15) is 4.36 Å². The molecule has 0 saturated carbocycles. The number of benzene rings is 1. The molecule has 1 saturated heterocycles. The van der Waals surface area contributed by atoms with Crippen LogP contribution in [0.25, 0.3) is 0 Å². The summed E-state index contributed by atoms with van der Waals surface area (Å²) in [4.78, 5) is 0. The van der Waals surface area contributed by atoms with Crippen molar-refractivity contribution in [2.75, 3.05) is 11.5 Å². The largest absolute Gasteiger partial charge is 0.249 e. The van der Waals surface area contributed by atoms with Crippen molar-refractivity contribution in [3.63, 3.8) is 0 Å². The van der Waals surface area contributed by atoms with Crippen LogP contribution in [0.5, 0.6) is 0 Å². The maximum absolute atomic E-state index is 11.8. The summed E-state index contributed by atoms with van der Waals surface area (Å²) >= 11 is 3.38. The van der Waals surface area contributed by atoms with Crippen LogP contribution in [-0.2, 0) is 9.73 Å². The molecule has 2 nitrogen and oxygen atoms in total. The second kappa shape index (κ2) is 3.42. The summed E-state index contributed by atoms with van der Waals surface area (Å²) in [6.45, 7) is 0. The van der Waals surface area contributed by atoms with Gasteiger partial charge in [-0.3, -0.25) is 0 Å². The second-order valence-corrected chi connectivity index (χ2v) is 6.48. The van der Waals surface area contributed by atoms with E-state index in [1.54, 1.807) is 0 Å². The molecule has 0 atom stereocenters. The van der Waals surface area contributed by atoms with Crippen molar-refractivity contribution in [1.29, 1.82) is 0 Å². The topological polar surface area (TPSA) is 29.4 Å². The fourth-order valence-electron chi connectivity index (χ4n) is 1.19. The van der Waals surface area contributed by atoms with E-state index < -0.39 is 9.73 Å². The lowest BCUT2D eigenvalue weighted by Gasteiger charge is -2.17. The van der Waals surface area contributed by atoms with E-state index in [4.69, 9.17) is 0 Å². The van der Waals surface area contributed by atoms with Crippen molar-refractivity contribution in [3.8, 4) is 0 Å². The smallest absolute Gasteiger partial charge is 0.0872 e. The van der Waals surface area contributed by atoms with Gasteiger partial charge < -0.3 is 0 Å². The first kappa shape index (κ1) is 9.21. The van der Waals surface area contributed by atoms with Crippen molar-refractivity contribution >= 4 is 31.3 Å². The molecule has 1 aromatic carbocycles. The van der Waals surface area contributed by atoms with Crippen molar-refractivity contribution in [2.24, 2.45) is 4.36 Å². The van der Waals surface area contributed by atoms with Gasteiger partial charge in [0.2, 0.25) is 0 Å². The zero-order chi connectivity index (χ0) is 9.31. The number of rotatable bonds is 1. The lowest BCUT2D eigenvalue weighted by Crippen LogP contribution is -2.22. The number of hydrogen-bond acceptors (Lipinski definition) is 2. The summed E-state index contributed by atoms with van der Waals surface area (Å²) in [5, 5.41) is 0. The standard InChI is InChI=1S/C9H10BrNOS/c10-8-4-1-2-5-9(8)11-13(12)6-3-7-13/h1-2,4-5H,3,6-7H2. The van der Waals surface area contributed by atoms with Crippen LogP contribution in [-0.4, -0.2) is 15.7 Å². The molecule has 1 aliphatic heterocycles. The van der Waals surface area contributed by atoms with Gasteiger partial charge in [-0.15, -0.1) is 0 Å². The molecule has 0 bridgehead atoms. The fraction of sp³-hybridized carbons (Fsp3) is 0.333. The minimum Gasteiger partial charge on any atom is -0.249 e. The predicted octanol–water partition coefficient (Wildman–Crippen LogP) is 2.95. The molecule has 1 heterocycles. The van der Waals surface area contributed by atoms with Crippen LogP contribution in [0.1, 0.15) is 6.42 Å². The Morgan fingerprint density at radius 3 is 2.54 bits per heavy atom. The van der Waals surface area contributed by atoms with Crippen LogP contribution in [0, 0.1) is 0 Å². The van der Waals surface area contributed by atoms with E-state index in [0.29, 0.717) is 0 Å². The Labute approximate surface area is 86.7 Å². The normalized spacial score (nSPS) is 19.2. The van der Waals surface area contributed by atoms with Gasteiger partial charge in [0.15, 0.2) is 0 Å². The molecule has 0 unspecified atom stereocenters. The SMILES string of the molecule is O=S1(=Nc2ccccc2Br)CCC1. The van der Waals surface area contributed by atoms with Crippen LogP contribution in [0.15, 0.2) is 33.1 Å². The van der Waals surface area contributed by atoms with E-state index >= 15 is 0 Å². The Bertz CT molecular complexity index is 425. The summed E-state index contributed by atoms with van der Waals surface area (Å²) in [7, 11) is -1.87. The van der Waals surface area contributed by atoms with Crippen LogP contribution < -0.4 is 0 Å². The summed E-state index contributed by atoms with van der Waals surface area (Å²) in [6.07, 6.45) is 1.05. The predicted molar refractivity (Wildman–Crippen MR) is 58.7 cm³/mol. The van der Waals surface area contributed by atoms with E-state index in [1.165, 1.54) is 0 Å². The van der Waals surface area contributed by atoms with Crippen LogP contribution >= 0.6 is 15.9 Å². The fourth-order valence-corrected chi connectivity index (χ4v) is 3.16. The van der Waals surface area contributed by atoms with Gasteiger partial charge in [0.05, 0.1) is 15.4 Å². The van der Waals surface area contributed by atoms with Crippen molar-refractivity contribution in [2.45, 2.75) is 6.42 Å². The molecule has 4 heteroatoms. The highest BCUT2D eigenvalue weighted by Crippen LogP contribution is 2.28. The maximum Gasteiger partial charge on any atom is 0.0872 e. The van der Waals surface area contributed by atoms with E-state index in [-0.39, 0.29) is 0 Å². The Morgan fingerprint density at radius 2 is 2.00 bits per heavy atom. The summed E-state index contributed by atoms with van der Waals surface area (Å²) in [6, 6.07) is 7.64. The molecule has 0 amide bonds. The molecule has 1 fully saturated rings. The molecular formula is C9H10BrNOS. The minimum absolute atomic E-state index is 0.758. The highest BCUT2D eigenvalue weighted by Gasteiger charge is 2.19. The van der Waals surface area contributed by atoms with Gasteiger partial charge in [0.1, 0.15) is 0 Å². The van der Waals surface area contributed by atoms with Crippen LogP contribution in [0.2, 0.25) is 0 Å². The highest BCUT2D eigenvalue weighted by atomic mass is 79.9. The first-order valence-corrected chi connectivity index (χ1v) is 6.81. The van der Waals surface area contributed by atoms with Gasteiger partial charge in [0, 0.05) is 16.0 Å². The zero-order valence-electron chi connectivity index (χ0n) is 7.07. The summed E-state index contributed by atoms with van der Waals surface area (Å²) < 4.78 is 17.0. The van der Waals surface area contributed by atoms with E-state index in [9.17, 15) is 4.21 Å². The lowest BCUT2D eigenvalue weighted by atomic mass is 10.3. The Morgan fingerprint density at radius 1 is 1.31 bits per heavy atom. The third-order valence-corrected chi connectivity index (χ3v) is 5.10. The third-order valence-electron chi connectivity index (χ3n) is 2.04. The molecule has 2 rings (SSSR count). The second-order valence-electron chi connectivity index (χ2n) is 3.08. The van der Waals surface area contributed by atoms with Gasteiger partial charge in [-0.1, -0.05) is 12.1 Å². The van der Waals surface area contributed by atoms with Crippen LogP contribution in [0.3, 0.4) is 0 Å². The zero-order valence-corrected chi connectivity index (χ0v) is 9.47. The average molecular weight is 260 g/mol. The maximum atomic E-state index is 11.8. The molecule has 13 heavy (non-hydrogen) atoms. The summed E-state index contributed by atoms with van der Waals surface area (Å²) in [5.41, 5.74) is 0.812. The Hall–Kier alpha value is -0.350. The third kappa shape index (κ3) is 1.94. The molecule has 0 aromatic heterocycles. The molecule has 0 aliphatic carbocycles. The molecule has 0 N–H and O–H groups in total. The highest BCUT2D eigenvalue weighted by molar-refractivity contribution is 9.10. The molecule has 1 aromatic rings. The van der Waals surface area contributed by atoms with Gasteiger partial charge in [-0.25, -0.2) is 4.21 Å². The van der Waals surface area contributed by atoms with E-state index in [2.05, 4.69) is 20.3 Å². The van der Waals surface area contributed by atoms with Crippen molar-refractivity contribution < 1.29 is 4.21 Å².